The van der Waals surface area contributed by atoms with Crippen LogP contribution in [0.5, 0.6) is 0 Å². The van der Waals surface area contributed by atoms with E-state index in [0.29, 0.717) is 6.61 Å². The molecule has 0 saturated carbocycles. The molecule has 1 aromatic rings. The number of nitrogens with one attached hydrogen (secondary N) is 2. The molecule has 0 bridgehead atoms. The number of ether oxygens (including phenoxy) is 1. The van der Waals surface area contributed by atoms with Crippen molar-refractivity contribution in [1.29, 1.82) is 0 Å². The molecular weight excluding hydrogens is 270 g/mol. The first-order valence-corrected chi connectivity index (χ1v) is 6.94. The summed E-state index contributed by atoms with van der Waals surface area (Å²) < 4.78 is 5.07. The number of hydrogen-bond donors (Lipinski definition) is 2. The van der Waals surface area contributed by atoms with E-state index in [1.807, 2.05) is 4.98 Å². The lowest BCUT2D eigenvalue weighted by molar-refractivity contribution is -0.142. The van der Waals surface area contributed by atoms with Gasteiger partial charge in [-0.15, -0.1) is 0 Å². The van der Waals surface area contributed by atoms with Gasteiger partial charge in [0.1, 0.15) is 5.25 Å². The molecule has 0 saturated heterocycles. The van der Waals surface area contributed by atoms with Crippen LogP contribution in [0.4, 0.5) is 0 Å². The highest BCUT2D eigenvalue weighted by atomic mass is 32.2. The predicted molar refractivity (Wildman–Crippen MR) is 71.3 cm³/mol. The molecule has 0 aliphatic carbocycles. The van der Waals surface area contributed by atoms with Gasteiger partial charge in [-0.3, -0.25) is 14.6 Å². The van der Waals surface area contributed by atoms with E-state index >= 15 is 0 Å². The number of aromatic nitrogens is 3. The molecule has 1 rings (SSSR count). The zero-order valence-electron chi connectivity index (χ0n) is 10.9. The van der Waals surface area contributed by atoms with E-state index in [1.54, 1.807) is 6.92 Å². The smallest absolute Gasteiger partial charge is 0.342 e. The van der Waals surface area contributed by atoms with Crippen molar-refractivity contribution in [1.82, 2.24) is 15.2 Å². The first-order valence-electron chi connectivity index (χ1n) is 6.07. The van der Waals surface area contributed by atoms with Gasteiger partial charge in [0.25, 0.3) is 5.56 Å². The molecule has 7 nitrogen and oxygen atoms in total. The van der Waals surface area contributed by atoms with Gasteiger partial charge in [0.15, 0.2) is 5.03 Å². The van der Waals surface area contributed by atoms with E-state index < -0.39 is 22.5 Å². The monoisotopic (exact) mass is 287 g/mol. The van der Waals surface area contributed by atoms with Gasteiger partial charge in [-0.25, -0.2) is 9.89 Å². The number of carbonyl (C=O) groups excluding carboxylic acids is 1. The number of unbranched alkanes of at least 4 members (excludes halogenated alkanes) is 2. The van der Waals surface area contributed by atoms with E-state index in [0.717, 1.165) is 31.0 Å². The van der Waals surface area contributed by atoms with Crippen molar-refractivity contribution in [3.8, 4) is 0 Å². The molecule has 1 atom stereocenters. The molecule has 0 unspecified atom stereocenters. The Kier molecular flexibility index (Phi) is 6.34. The van der Waals surface area contributed by atoms with Crippen LogP contribution in [0.3, 0.4) is 0 Å². The number of carbonyl (C=O) groups is 1. The molecule has 0 aliphatic rings. The highest BCUT2D eigenvalue weighted by Gasteiger charge is 2.18. The molecule has 106 valence electrons. The summed E-state index contributed by atoms with van der Waals surface area (Å²) in [5, 5.41) is 5.18. The van der Waals surface area contributed by atoms with E-state index in [1.165, 1.54) is 0 Å². The van der Waals surface area contributed by atoms with Crippen molar-refractivity contribution in [2.24, 2.45) is 0 Å². The highest BCUT2D eigenvalue weighted by molar-refractivity contribution is 8.00. The van der Waals surface area contributed by atoms with Gasteiger partial charge in [-0.2, -0.15) is 5.10 Å². The van der Waals surface area contributed by atoms with E-state index in [9.17, 15) is 14.4 Å². The minimum absolute atomic E-state index is 0.0395. The Balaban J connectivity index is 2.49. The molecule has 0 spiro atoms. The lowest BCUT2D eigenvalue weighted by atomic mass is 10.3. The fourth-order valence-electron chi connectivity index (χ4n) is 1.27. The van der Waals surface area contributed by atoms with Crippen LogP contribution in [-0.4, -0.2) is 33.0 Å². The molecule has 0 radical (unpaired) electrons. The van der Waals surface area contributed by atoms with Crippen LogP contribution in [0, 0.1) is 0 Å². The molecule has 0 amide bonds. The number of esters is 1. The van der Waals surface area contributed by atoms with Crippen LogP contribution >= 0.6 is 11.8 Å². The van der Waals surface area contributed by atoms with Crippen LogP contribution in [-0.2, 0) is 9.53 Å². The van der Waals surface area contributed by atoms with Crippen LogP contribution in [0.2, 0.25) is 0 Å². The Morgan fingerprint density at radius 3 is 2.79 bits per heavy atom. The van der Waals surface area contributed by atoms with Gasteiger partial charge in [0.05, 0.1) is 6.61 Å². The normalized spacial score (nSPS) is 12.1. The summed E-state index contributed by atoms with van der Waals surface area (Å²) in [6.07, 6.45) is 2.89. The first-order chi connectivity index (χ1) is 9.04. The average molecular weight is 287 g/mol. The Labute approximate surface area is 114 Å². The summed E-state index contributed by atoms with van der Waals surface area (Å²) in [4.78, 5) is 35.9. The van der Waals surface area contributed by atoms with Gasteiger partial charge in [0.2, 0.25) is 0 Å². The SMILES string of the molecule is CCCCCOC(=O)[C@@H](C)Sc1n[nH]c(=O)[nH]c1=O. The summed E-state index contributed by atoms with van der Waals surface area (Å²) in [7, 11) is 0. The van der Waals surface area contributed by atoms with Crippen molar-refractivity contribution in [2.75, 3.05) is 6.61 Å². The van der Waals surface area contributed by atoms with Crippen molar-refractivity contribution in [3.63, 3.8) is 0 Å². The third-order valence-electron chi connectivity index (χ3n) is 2.29. The third kappa shape index (κ3) is 5.29. The predicted octanol–water partition coefficient (Wildman–Crippen LogP) is 0.672. The molecular formula is C11H17N3O4S. The Morgan fingerprint density at radius 1 is 1.42 bits per heavy atom. The van der Waals surface area contributed by atoms with Crippen molar-refractivity contribution in [3.05, 3.63) is 20.8 Å². The van der Waals surface area contributed by atoms with Gasteiger partial charge in [-0.05, 0) is 13.3 Å². The topological polar surface area (TPSA) is 105 Å². The summed E-state index contributed by atoms with van der Waals surface area (Å²) in [5.74, 6) is -0.395. The first kappa shape index (κ1) is 15.5. The Bertz CT molecular complexity index is 525. The van der Waals surface area contributed by atoms with Crippen LogP contribution in [0.25, 0.3) is 0 Å². The second-order valence-corrected chi connectivity index (χ2v) is 5.28. The number of rotatable bonds is 7. The van der Waals surface area contributed by atoms with Crippen LogP contribution in [0.1, 0.15) is 33.1 Å². The third-order valence-corrected chi connectivity index (χ3v) is 3.34. The zero-order valence-corrected chi connectivity index (χ0v) is 11.7. The average Bonchev–Trinajstić information content (AvgIpc) is 2.37. The van der Waals surface area contributed by atoms with Gasteiger partial charge in [0, 0.05) is 0 Å². The minimum atomic E-state index is -0.677. The standard InChI is InChI=1S/C11H17N3O4S/c1-3-4-5-6-18-10(16)7(2)19-9-8(15)12-11(17)14-13-9/h7H,3-6H2,1-2H3,(H2,12,14,15,17)/t7-/m1/s1. The van der Waals surface area contributed by atoms with E-state index in [2.05, 4.69) is 17.1 Å². The van der Waals surface area contributed by atoms with Crippen molar-refractivity contribution < 1.29 is 9.53 Å². The fourth-order valence-corrected chi connectivity index (χ4v) is 2.03. The number of hydrogen-bond acceptors (Lipinski definition) is 6. The maximum absolute atomic E-state index is 11.6. The second-order valence-electron chi connectivity index (χ2n) is 3.95. The Hall–Kier alpha value is -1.57. The molecule has 19 heavy (non-hydrogen) atoms. The van der Waals surface area contributed by atoms with Crippen molar-refractivity contribution in [2.45, 2.75) is 43.4 Å². The number of H-pyrrole nitrogens is 2. The van der Waals surface area contributed by atoms with Gasteiger partial charge < -0.3 is 4.74 Å². The minimum Gasteiger partial charge on any atom is -0.465 e. The maximum Gasteiger partial charge on any atom is 0.342 e. The summed E-state index contributed by atoms with van der Waals surface area (Å²) in [6, 6.07) is 0. The van der Waals surface area contributed by atoms with Crippen molar-refractivity contribution >= 4 is 17.7 Å². The summed E-state index contributed by atoms with van der Waals surface area (Å²) in [6.45, 7) is 4.07. The number of nitrogens with zero attached hydrogens (tertiary/aromatic N) is 1. The summed E-state index contributed by atoms with van der Waals surface area (Å²) >= 11 is 0.951. The zero-order chi connectivity index (χ0) is 14.3. The Morgan fingerprint density at radius 2 is 2.16 bits per heavy atom. The molecule has 2 N–H and O–H groups in total. The van der Waals surface area contributed by atoms with E-state index in [4.69, 9.17) is 4.74 Å². The molecule has 0 aliphatic heterocycles. The lowest BCUT2D eigenvalue weighted by Gasteiger charge is -2.09. The van der Waals surface area contributed by atoms with Crippen LogP contribution in [0.15, 0.2) is 14.6 Å². The van der Waals surface area contributed by atoms with Gasteiger partial charge in [-0.1, -0.05) is 31.5 Å². The summed E-state index contributed by atoms with van der Waals surface area (Å²) in [5.41, 5.74) is -1.29. The lowest BCUT2D eigenvalue weighted by Crippen LogP contribution is -2.27. The number of aromatic amines is 2. The quantitative estimate of drug-likeness (QED) is 0.434. The molecule has 0 fully saturated rings. The van der Waals surface area contributed by atoms with Gasteiger partial charge >= 0.3 is 11.7 Å². The molecule has 8 heteroatoms. The molecule has 1 aromatic heterocycles. The molecule has 0 aromatic carbocycles. The maximum atomic E-state index is 11.6. The van der Waals surface area contributed by atoms with E-state index in [-0.39, 0.29) is 5.03 Å². The number of thioether (sulfide) groups is 1. The molecule has 1 heterocycles. The fraction of sp³-hybridized carbons (Fsp3) is 0.636. The largest absolute Gasteiger partial charge is 0.465 e. The second kappa shape index (κ2) is 7.78. The van der Waals surface area contributed by atoms with Crippen LogP contribution < -0.4 is 11.2 Å². The highest BCUT2D eigenvalue weighted by Crippen LogP contribution is 2.17.